The van der Waals surface area contributed by atoms with E-state index in [9.17, 15) is 15.0 Å². The van der Waals surface area contributed by atoms with E-state index in [-0.39, 0.29) is 19.1 Å². The van der Waals surface area contributed by atoms with Crippen molar-refractivity contribution in [2.24, 2.45) is 0 Å². The summed E-state index contributed by atoms with van der Waals surface area (Å²) in [6, 6.07) is 31.0. The lowest BCUT2D eigenvalue weighted by molar-refractivity contribution is 0.102. The molecule has 0 aliphatic heterocycles. The van der Waals surface area contributed by atoms with Gasteiger partial charge in [0, 0.05) is 47.5 Å². The molecule has 0 aliphatic rings. The zero-order valence-electron chi connectivity index (χ0n) is 22.9. The quantitative estimate of drug-likeness (QED) is 0.176. The third kappa shape index (κ3) is 6.93. The molecule has 0 fully saturated rings. The zero-order valence-corrected chi connectivity index (χ0v) is 22.9. The van der Waals surface area contributed by atoms with Gasteiger partial charge in [-0.1, -0.05) is 60.7 Å². The molecule has 1 aromatic heterocycles. The molecule has 0 bridgehead atoms. The van der Waals surface area contributed by atoms with Gasteiger partial charge in [0.1, 0.15) is 0 Å². The van der Waals surface area contributed by atoms with Crippen molar-refractivity contribution in [1.82, 2.24) is 14.9 Å². The van der Waals surface area contributed by atoms with Crippen LogP contribution < -0.4 is 10.6 Å². The van der Waals surface area contributed by atoms with Crippen molar-refractivity contribution in [2.75, 3.05) is 36.9 Å². The van der Waals surface area contributed by atoms with Crippen LogP contribution in [-0.4, -0.2) is 57.3 Å². The maximum Gasteiger partial charge on any atom is 0.255 e. The van der Waals surface area contributed by atoms with Crippen molar-refractivity contribution in [3.63, 3.8) is 0 Å². The fourth-order valence-electron chi connectivity index (χ4n) is 4.75. The Kier molecular flexibility index (Phi) is 8.95. The molecule has 1 amide bonds. The Morgan fingerprint density at radius 2 is 1.54 bits per heavy atom. The van der Waals surface area contributed by atoms with Crippen LogP contribution in [0.2, 0.25) is 0 Å². The Balaban J connectivity index is 1.28. The molecule has 5 aromatic rings. The zero-order chi connectivity index (χ0) is 28.6. The highest BCUT2D eigenvalue weighted by Crippen LogP contribution is 2.28. The van der Waals surface area contributed by atoms with E-state index in [0.717, 1.165) is 44.7 Å². The first-order chi connectivity index (χ1) is 20.0. The summed E-state index contributed by atoms with van der Waals surface area (Å²) in [7, 11) is 0. The number of aryl methyl sites for hydroxylation is 1. The van der Waals surface area contributed by atoms with Gasteiger partial charge in [0.05, 0.1) is 24.4 Å². The maximum absolute atomic E-state index is 13.0. The number of aliphatic hydroxyl groups excluding tert-OH is 2. The Labute approximate surface area is 239 Å². The van der Waals surface area contributed by atoms with E-state index < -0.39 is 0 Å². The summed E-state index contributed by atoms with van der Waals surface area (Å²) in [5.74, 6) is 0.273. The molecule has 41 heavy (non-hydrogen) atoms. The second kappa shape index (κ2) is 13.1. The van der Waals surface area contributed by atoms with Gasteiger partial charge in [-0.25, -0.2) is 9.97 Å². The molecule has 5 rings (SSSR count). The Morgan fingerprint density at radius 1 is 0.829 bits per heavy atom. The van der Waals surface area contributed by atoms with Gasteiger partial charge in [0.15, 0.2) is 0 Å². The summed E-state index contributed by atoms with van der Waals surface area (Å²) >= 11 is 0. The van der Waals surface area contributed by atoms with Gasteiger partial charge >= 0.3 is 0 Å². The van der Waals surface area contributed by atoms with E-state index in [1.54, 1.807) is 12.1 Å². The van der Waals surface area contributed by atoms with Crippen molar-refractivity contribution in [3.05, 3.63) is 114 Å². The third-order valence-corrected chi connectivity index (χ3v) is 6.83. The summed E-state index contributed by atoms with van der Waals surface area (Å²) < 4.78 is 0. The van der Waals surface area contributed by atoms with Crippen LogP contribution in [-0.2, 0) is 6.54 Å². The van der Waals surface area contributed by atoms with E-state index in [2.05, 4.69) is 10.6 Å². The summed E-state index contributed by atoms with van der Waals surface area (Å²) in [4.78, 5) is 24.5. The van der Waals surface area contributed by atoms with Gasteiger partial charge in [-0.05, 0) is 54.4 Å². The monoisotopic (exact) mass is 547 g/mol. The van der Waals surface area contributed by atoms with E-state index >= 15 is 0 Å². The minimum absolute atomic E-state index is 0.0332. The number of fused-ring (bicyclic) bond motifs is 1. The van der Waals surface area contributed by atoms with Gasteiger partial charge in [0.2, 0.25) is 5.95 Å². The molecule has 0 radical (unpaired) electrons. The SMILES string of the molecule is Cc1cc(CN(CCO)CCO)ccc1NC(=O)c1ccc(Nc2nc(-c3ccccc3)c3ccccc3n2)cc1. The molecular formula is C33H33N5O3. The first-order valence-corrected chi connectivity index (χ1v) is 13.6. The number of carbonyl (C=O) groups is 1. The second-order valence-corrected chi connectivity index (χ2v) is 9.81. The molecule has 0 unspecified atom stereocenters. The Hall–Kier alpha value is -4.63. The summed E-state index contributed by atoms with van der Waals surface area (Å²) in [6.07, 6.45) is 0. The van der Waals surface area contributed by atoms with Crippen LogP contribution in [0.25, 0.3) is 22.2 Å². The molecule has 8 nitrogen and oxygen atoms in total. The van der Waals surface area contributed by atoms with E-state index in [4.69, 9.17) is 9.97 Å². The highest BCUT2D eigenvalue weighted by atomic mass is 16.3. The highest BCUT2D eigenvalue weighted by molar-refractivity contribution is 6.04. The number of nitrogens with one attached hydrogen (secondary N) is 2. The smallest absolute Gasteiger partial charge is 0.255 e. The highest BCUT2D eigenvalue weighted by Gasteiger charge is 2.12. The summed E-state index contributed by atoms with van der Waals surface area (Å²) in [5, 5.41) is 25.8. The van der Waals surface area contributed by atoms with Gasteiger partial charge in [-0.2, -0.15) is 0 Å². The number of rotatable bonds is 11. The lowest BCUT2D eigenvalue weighted by Crippen LogP contribution is -2.29. The number of benzene rings is 4. The number of amides is 1. The summed E-state index contributed by atoms with van der Waals surface area (Å²) in [6.45, 7) is 3.60. The lowest BCUT2D eigenvalue weighted by Gasteiger charge is -2.20. The molecule has 0 spiro atoms. The average molecular weight is 548 g/mol. The molecule has 0 aliphatic carbocycles. The van der Waals surface area contributed by atoms with Crippen molar-refractivity contribution in [2.45, 2.75) is 13.5 Å². The molecule has 8 heteroatoms. The number of anilines is 3. The van der Waals surface area contributed by atoms with Gasteiger partial charge in [-0.15, -0.1) is 0 Å². The average Bonchev–Trinajstić information content (AvgIpc) is 2.99. The molecule has 0 saturated heterocycles. The van der Waals surface area contributed by atoms with Gasteiger partial charge < -0.3 is 20.8 Å². The summed E-state index contributed by atoms with van der Waals surface area (Å²) in [5.41, 5.74) is 6.72. The van der Waals surface area contributed by atoms with Crippen LogP contribution in [0.15, 0.2) is 97.1 Å². The molecule has 208 valence electrons. The molecule has 0 atom stereocenters. The number of carbonyl (C=O) groups excluding carboxylic acids is 1. The third-order valence-electron chi connectivity index (χ3n) is 6.83. The standard InChI is InChI=1S/C33H33N5O3/c1-23-21-24(22-38(17-19-39)18-20-40)11-16-29(23)35-32(41)26-12-14-27(15-13-26)34-33-36-30-10-6-5-9-28(30)31(37-33)25-7-3-2-4-8-25/h2-16,21,39-40H,17-20,22H2,1H3,(H,35,41)(H,34,36,37). The van der Waals surface area contributed by atoms with Crippen LogP contribution in [0.1, 0.15) is 21.5 Å². The van der Waals surface area contributed by atoms with Crippen molar-refractivity contribution < 1.29 is 15.0 Å². The van der Waals surface area contributed by atoms with Gasteiger partial charge in [0.25, 0.3) is 5.91 Å². The number of aromatic nitrogens is 2. The van der Waals surface area contributed by atoms with Crippen LogP contribution in [0.3, 0.4) is 0 Å². The predicted molar refractivity (Wildman–Crippen MR) is 163 cm³/mol. The van der Waals surface area contributed by atoms with Crippen LogP contribution in [0, 0.1) is 6.92 Å². The van der Waals surface area contributed by atoms with E-state index in [1.165, 1.54) is 0 Å². The second-order valence-electron chi connectivity index (χ2n) is 9.81. The Morgan fingerprint density at radius 3 is 2.24 bits per heavy atom. The Bertz CT molecular complexity index is 1620. The van der Waals surface area contributed by atoms with E-state index in [1.807, 2.05) is 96.8 Å². The number of hydrogen-bond donors (Lipinski definition) is 4. The minimum atomic E-state index is -0.206. The molecule has 1 heterocycles. The maximum atomic E-state index is 13.0. The number of aliphatic hydroxyl groups is 2. The topological polar surface area (TPSA) is 111 Å². The first-order valence-electron chi connectivity index (χ1n) is 13.6. The van der Waals surface area contributed by atoms with Crippen LogP contribution in [0.4, 0.5) is 17.3 Å². The van der Waals surface area contributed by atoms with Crippen molar-refractivity contribution in [1.29, 1.82) is 0 Å². The van der Waals surface area contributed by atoms with Gasteiger partial charge in [-0.3, -0.25) is 9.69 Å². The van der Waals surface area contributed by atoms with Crippen molar-refractivity contribution >= 4 is 34.1 Å². The molecule has 4 aromatic carbocycles. The fraction of sp³-hybridized carbons (Fsp3) is 0.182. The van der Waals surface area contributed by atoms with Crippen LogP contribution >= 0.6 is 0 Å². The van der Waals surface area contributed by atoms with E-state index in [0.29, 0.717) is 31.1 Å². The predicted octanol–water partition coefficient (Wildman–Crippen LogP) is 5.39. The normalized spacial score (nSPS) is 11.1. The number of para-hydroxylation sites is 1. The molecule has 0 saturated carbocycles. The van der Waals surface area contributed by atoms with Crippen LogP contribution in [0.5, 0.6) is 0 Å². The molecular weight excluding hydrogens is 514 g/mol. The minimum Gasteiger partial charge on any atom is -0.395 e. The molecule has 4 N–H and O–H groups in total. The first kappa shape index (κ1) is 27.9. The van der Waals surface area contributed by atoms with Crippen molar-refractivity contribution in [3.8, 4) is 11.3 Å². The number of hydrogen-bond acceptors (Lipinski definition) is 7. The lowest BCUT2D eigenvalue weighted by atomic mass is 10.1. The number of nitrogens with zero attached hydrogens (tertiary/aromatic N) is 3. The largest absolute Gasteiger partial charge is 0.395 e. The fourth-order valence-corrected chi connectivity index (χ4v) is 4.75.